The molecule has 2 aromatic rings. The molecule has 2 aliphatic rings. The Morgan fingerprint density at radius 3 is 2.64 bits per heavy atom. The number of likely N-dealkylation sites (tertiary alicyclic amines) is 1. The molecule has 4 rings (SSSR count). The van der Waals surface area contributed by atoms with Gasteiger partial charge < -0.3 is 4.74 Å². The topological polar surface area (TPSA) is 81.5 Å². The molecule has 1 saturated carbocycles. The zero-order chi connectivity index (χ0) is 27.1. The molecule has 2 fully saturated rings. The van der Waals surface area contributed by atoms with E-state index < -0.39 is 6.04 Å². The first-order chi connectivity index (χ1) is 18.4. The SMILES string of the molecule is CCOC(=O)CCCCn1ccc(C=C2CN(C(C(=O)C3CC3)c3ccccc3F)CCC2SC(C)=O)n1.Cl. The van der Waals surface area contributed by atoms with E-state index in [4.69, 9.17) is 4.74 Å². The van der Waals surface area contributed by atoms with Gasteiger partial charge in [-0.3, -0.25) is 24.0 Å². The molecule has 1 aliphatic carbocycles. The van der Waals surface area contributed by atoms with Crippen LogP contribution in [-0.2, 0) is 25.7 Å². The quantitative estimate of drug-likeness (QED) is 0.239. The van der Waals surface area contributed by atoms with Crippen LogP contribution in [0, 0.1) is 11.7 Å². The second-order valence-electron chi connectivity index (χ2n) is 9.94. The summed E-state index contributed by atoms with van der Waals surface area (Å²) in [5, 5.41) is 4.70. The average Bonchev–Trinajstić information content (AvgIpc) is 3.64. The number of hydrogen-bond donors (Lipinski definition) is 0. The lowest BCUT2D eigenvalue weighted by atomic mass is 9.93. The van der Waals surface area contributed by atoms with E-state index in [1.165, 1.54) is 17.8 Å². The molecular weight excluding hydrogens is 541 g/mol. The normalized spacial score (nSPS) is 19.4. The summed E-state index contributed by atoms with van der Waals surface area (Å²) in [4.78, 5) is 39.0. The van der Waals surface area contributed by atoms with Crippen molar-refractivity contribution in [1.82, 2.24) is 14.7 Å². The number of rotatable bonds is 12. The maximum absolute atomic E-state index is 14.9. The fraction of sp³-hybridized carbons (Fsp3) is 0.517. The van der Waals surface area contributed by atoms with Crippen LogP contribution >= 0.6 is 24.2 Å². The predicted octanol–water partition coefficient (Wildman–Crippen LogP) is 5.64. The van der Waals surface area contributed by atoms with Crippen LogP contribution in [0.5, 0.6) is 0 Å². The Bertz CT molecular complexity index is 1180. The molecule has 10 heteroatoms. The molecule has 2 atom stereocenters. The number of carbonyl (C=O) groups excluding carboxylic acids is 3. The third kappa shape index (κ3) is 8.75. The number of piperidine rings is 1. The number of aryl methyl sites for hydroxylation is 1. The third-order valence-corrected chi connectivity index (χ3v) is 8.07. The van der Waals surface area contributed by atoms with Crippen molar-refractivity contribution >= 4 is 47.1 Å². The fourth-order valence-electron chi connectivity index (χ4n) is 4.94. The first-order valence-electron chi connectivity index (χ1n) is 13.4. The minimum atomic E-state index is -0.632. The van der Waals surface area contributed by atoms with Gasteiger partial charge in [0.1, 0.15) is 5.82 Å². The Morgan fingerprint density at radius 2 is 1.95 bits per heavy atom. The van der Waals surface area contributed by atoms with Gasteiger partial charge in [-0.05, 0) is 62.8 Å². The molecule has 2 heterocycles. The molecule has 1 aliphatic heterocycles. The second kappa shape index (κ2) is 14.8. The number of benzene rings is 1. The van der Waals surface area contributed by atoms with Gasteiger partial charge in [-0.15, -0.1) is 12.4 Å². The maximum Gasteiger partial charge on any atom is 0.305 e. The minimum Gasteiger partial charge on any atom is -0.466 e. The number of halogens is 2. The molecule has 1 saturated heterocycles. The number of esters is 1. The number of Topliss-reactive ketones (excluding diaryl/α,β-unsaturated/α-hetero) is 1. The van der Waals surface area contributed by atoms with Gasteiger partial charge in [-0.25, -0.2) is 4.39 Å². The number of hydrogen-bond acceptors (Lipinski definition) is 7. The summed E-state index contributed by atoms with van der Waals surface area (Å²) >= 11 is 1.30. The van der Waals surface area contributed by atoms with Gasteiger partial charge in [0.25, 0.3) is 0 Å². The number of carbonyl (C=O) groups is 3. The molecule has 2 unspecified atom stereocenters. The molecule has 0 N–H and O–H groups in total. The number of aromatic nitrogens is 2. The molecule has 0 spiro atoms. The lowest BCUT2D eigenvalue weighted by Gasteiger charge is -2.38. The van der Waals surface area contributed by atoms with Gasteiger partial charge in [-0.1, -0.05) is 30.0 Å². The van der Waals surface area contributed by atoms with E-state index >= 15 is 0 Å². The van der Waals surface area contributed by atoms with Crippen LogP contribution in [0.15, 0.2) is 42.1 Å². The largest absolute Gasteiger partial charge is 0.466 e. The summed E-state index contributed by atoms with van der Waals surface area (Å²) in [7, 11) is 0. The Labute approximate surface area is 239 Å². The number of unbranched alkanes of at least 4 members (excludes halogenated alkanes) is 1. The summed E-state index contributed by atoms with van der Waals surface area (Å²) < 4.78 is 21.7. The zero-order valence-corrected chi connectivity index (χ0v) is 24.1. The highest BCUT2D eigenvalue weighted by atomic mass is 35.5. The summed E-state index contributed by atoms with van der Waals surface area (Å²) in [6.07, 6.45) is 8.25. The van der Waals surface area contributed by atoms with E-state index in [2.05, 4.69) is 10.00 Å². The molecule has 0 radical (unpaired) electrons. The van der Waals surface area contributed by atoms with Crippen LogP contribution in [0.25, 0.3) is 6.08 Å². The van der Waals surface area contributed by atoms with Crippen molar-refractivity contribution in [1.29, 1.82) is 0 Å². The Morgan fingerprint density at radius 1 is 1.18 bits per heavy atom. The van der Waals surface area contributed by atoms with Gasteiger partial charge in [0.2, 0.25) is 0 Å². The fourth-order valence-corrected chi connectivity index (χ4v) is 5.86. The van der Waals surface area contributed by atoms with Crippen LogP contribution in [0.2, 0.25) is 0 Å². The highest BCUT2D eigenvalue weighted by Crippen LogP contribution is 2.40. The maximum atomic E-state index is 14.9. The van der Waals surface area contributed by atoms with Crippen molar-refractivity contribution in [3.05, 3.63) is 59.2 Å². The van der Waals surface area contributed by atoms with Crippen LogP contribution in [-0.4, -0.2) is 56.5 Å². The van der Waals surface area contributed by atoms with E-state index in [-0.39, 0.29) is 46.3 Å². The van der Waals surface area contributed by atoms with E-state index in [1.807, 2.05) is 23.0 Å². The standard InChI is InChI=1S/C29H36FN3O4S.ClH/c1-3-37-27(35)10-6-7-15-33-17-13-23(31-33)18-22-19-32(16-14-26(22)38-20(2)34)28(29(36)21-11-12-21)24-8-4-5-9-25(24)30;/h4-5,8-9,13,17-18,21,26,28H,3,6-7,10-12,14-16,19H2,1-2H3;1H. The highest BCUT2D eigenvalue weighted by Gasteiger charge is 2.41. The van der Waals surface area contributed by atoms with Crippen molar-refractivity contribution < 1.29 is 23.5 Å². The summed E-state index contributed by atoms with van der Waals surface area (Å²) in [6.45, 7) is 5.52. The van der Waals surface area contributed by atoms with Crippen LogP contribution in [0.4, 0.5) is 4.39 Å². The van der Waals surface area contributed by atoms with Gasteiger partial charge in [-0.2, -0.15) is 5.10 Å². The lowest BCUT2D eigenvalue weighted by molar-refractivity contribution is -0.143. The van der Waals surface area contributed by atoms with Gasteiger partial charge in [0, 0.05) is 55.9 Å². The number of ketones is 1. The van der Waals surface area contributed by atoms with Crippen molar-refractivity contribution in [3.63, 3.8) is 0 Å². The minimum absolute atomic E-state index is 0. The van der Waals surface area contributed by atoms with Crippen LogP contribution in [0.1, 0.15) is 69.7 Å². The highest BCUT2D eigenvalue weighted by molar-refractivity contribution is 8.14. The van der Waals surface area contributed by atoms with Crippen LogP contribution < -0.4 is 0 Å². The summed E-state index contributed by atoms with van der Waals surface area (Å²) in [5.74, 6) is -0.461. The van der Waals surface area contributed by atoms with E-state index in [0.717, 1.165) is 37.0 Å². The number of nitrogens with zero attached hydrogens (tertiary/aromatic N) is 3. The van der Waals surface area contributed by atoms with Crippen molar-refractivity contribution in [3.8, 4) is 0 Å². The van der Waals surface area contributed by atoms with Gasteiger partial charge >= 0.3 is 5.97 Å². The second-order valence-corrected chi connectivity index (χ2v) is 11.3. The molecular formula is C29H37ClFN3O4S. The Balaban J connectivity index is 0.00000420. The van der Waals surface area contributed by atoms with E-state index in [1.54, 1.807) is 32.0 Å². The Hall–Kier alpha value is -2.49. The molecule has 7 nitrogen and oxygen atoms in total. The van der Waals surface area contributed by atoms with Crippen molar-refractivity contribution in [2.45, 2.75) is 70.2 Å². The first kappa shape index (κ1) is 31.0. The third-order valence-electron chi connectivity index (χ3n) is 6.92. The molecule has 212 valence electrons. The van der Waals surface area contributed by atoms with Gasteiger partial charge in [0.15, 0.2) is 10.9 Å². The average molecular weight is 578 g/mol. The van der Waals surface area contributed by atoms with Crippen molar-refractivity contribution in [2.75, 3.05) is 19.7 Å². The van der Waals surface area contributed by atoms with E-state index in [0.29, 0.717) is 44.6 Å². The zero-order valence-electron chi connectivity index (χ0n) is 22.5. The molecule has 1 aromatic heterocycles. The first-order valence-corrected chi connectivity index (χ1v) is 14.3. The van der Waals surface area contributed by atoms with Gasteiger partial charge in [0.05, 0.1) is 18.3 Å². The lowest BCUT2D eigenvalue weighted by Crippen LogP contribution is -2.43. The number of ether oxygens (including phenoxy) is 1. The molecule has 39 heavy (non-hydrogen) atoms. The van der Waals surface area contributed by atoms with Crippen molar-refractivity contribution in [2.24, 2.45) is 5.92 Å². The monoisotopic (exact) mass is 577 g/mol. The summed E-state index contributed by atoms with van der Waals surface area (Å²) in [6, 6.07) is 7.84. The predicted molar refractivity (Wildman–Crippen MR) is 153 cm³/mol. The summed E-state index contributed by atoms with van der Waals surface area (Å²) in [5.41, 5.74) is 2.21. The smallest absolute Gasteiger partial charge is 0.305 e. The number of thioether (sulfide) groups is 1. The Kier molecular flexibility index (Phi) is 11.8. The van der Waals surface area contributed by atoms with E-state index in [9.17, 15) is 18.8 Å². The molecule has 0 bridgehead atoms. The molecule has 1 aromatic carbocycles. The van der Waals surface area contributed by atoms with Crippen LogP contribution in [0.3, 0.4) is 0 Å². The molecule has 0 amide bonds.